The highest BCUT2D eigenvalue weighted by atomic mass is 79.9. The molecule has 0 atom stereocenters. The Balaban J connectivity index is 1.79. The third-order valence-electron chi connectivity index (χ3n) is 3.49. The normalized spacial score (nSPS) is 17.2. The van der Waals surface area contributed by atoms with Gasteiger partial charge < -0.3 is 10.2 Å². The Bertz CT molecular complexity index is 389. The molecule has 0 aliphatic carbocycles. The molecule has 0 unspecified atom stereocenters. The van der Waals surface area contributed by atoms with Crippen LogP contribution in [0, 0.1) is 0 Å². The summed E-state index contributed by atoms with van der Waals surface area (Å²) in [5.41, 5.74) is 0. The van der Waals surface area contributed by atoms with E-state index in [1.807, 2.05) is 6.07 Å². The van der Waals surface area contributed by atoms with Crippen molar-refractivity contribution in [3.8, 4) is 0 Å². The molecule has 1 aromatic heterocycles. The molecule has 4 nitrogen and oxygen atoms in total. The number of nitrogens with zero attached hydrogens (tertiary/aromatic N) is 3. The van der Waals surface area contributed by atoms with Crippen LogP contribution in [-0.2, 0) is 6.42 Å². The van der Waals surface area contributed by atoms with E-state index in [2.05, 4.69) is 43.0 Å². The van der Waals surface area contributed by atoms with Gasteiger partial charge in [-0.3, -0.25) is 0 Å². The van der Waals surface area contributed by atoms with Gasteiger partial charge >= 0.3 is 0 Å². The van der Waals surface area contributed by atoms with Crippen molar-refractivity contribution in [3.63, 3.8) is 0 Å². The van der Waals surface area contributed by atoms with Gasteiger partial charge in [0.2, 0.25) is 0 Å². The summed E-state index contributed by atoms with van der Waals surface area (Å²) in [5, 5.41) is 3.41. The fourth-order valence-corrected chi connectivity index (χ4v) is 2.84. The second-order valence-corrected chi connectivity index (χ2v) is 5.84. The summed E-state index contributed by atoms with van der Waals surface area (Å²) in [5.74, 6) is 1.81. The SMILES string of the molecule is CCc1nc(Br)cc(NCCN2CCCCCC2)n1. The lowest BCUT2D eigenvalue weighted by molar-refractivity contribution is 0.296. The van der Waals surface area contributed by atoms with Crippen molar-refractivity contribution in [2.45, 2.75) is 39.0 Å². The van der Waals surface area contributed by atoms with Crippen LogP contribution in [0.25, 0.3) is 0 Å². The molecule has 1 saturated heterocycles. The molecule has 1 aliphatic rings. The van der Waals surface area contributed by atoms with E-state index in [1.165, 1.54) is 38.8 Å². The number of hydrogen-bond donors (Lipinski definition) is 1. The minimum Gasteiger partial charge on any atom is -0.369 e. The Morgan fingerprint density at radius 1 is 1.21 bits per heavy atom. The number of halogens is 1. The summed E-state index contributed by atoms with van der Waals surface area (Å²) in [6.07, 6.45) is 6.34. The number of hydrogen-bond acceptors (Lipinski definition) is 4. The van der Waals surface area contributed by atoms with Crippen molar-refractivity contribution < 1.29 is 0 Å². The molecular weight excluding hydrogens is 304 g/mol. The summed E-state index contributed by atoms with van der Waals surface area (Å²) >= 11 is 3.43. The van der Waals surface area contributed by atoms with E-state index in [0.29, 0.717) is 0 Å². The van der Waals surface area contributed by atoms with Crippen LogP contribution in [0.4, 0.5) is 5.82 Å². The number of anilines is 1. The van der Waals surface area contributed by atoms with E-state index in [1.54, 1.807) is 0 Å². The molecule has 1 aliphatic heterocycles. The Kier molecular flexibility index (Phi) is 6.04. The number of aryl methyl sites for hydroxylation is 1. The van der Waals surface area contributed by atoms with Crippen molar-refractivity contribution in [2.75, 3.05) is 31.5 Å². The maximum atomic E-state index is 4.48. The van der Waals surface area contributed by atoms with Crippen LogP contribution in [0.15, 0.2) is 10.7 Å². The van der Waals surface area contributed by atoms with Crippen molar-refractivity contribution in [1.29, 1.82) is 0 Å². The zero-order valence-electron chi connectivity index (χ0n) is 11.7. The van der Waals surface area contributed by atoms with Crippen molar-refractivity contribution in [1.82, 2.24) is 14.9 Å². The lowest BCUT2D eigenvalue weighted by atomic mass is 10.2. The van der Waals surface area contributed by atoms with Gasteiger partial charge in [0.1, 0.15) is 16.2 Å². The largest absolute Gasteiger partial charge is 0.369 e. The van der Waals surface area contributed by atoms with Crippen LogP contribution in [-0.4, -0.2) is 41.0 Å². The van der Waals surface area contributed by atoms with Gasteiger partial charge in [-0.15, -0.1) is 0 Å². The fraction of sp³-hybridized carbons (Fsp3) is 0.714. The molecule has 2 rings (SSSR count). The first-order valence-corrected chi connectivity index (χ1v) is 8.07. The molecule has 19 heavy (non-hydrogen) atoms. The second-order valence-electron chi connectivity index (χ2n) is 5.03. The first-order valence-electron chi connectivity index (χ1n) is 7.27. The van der Waals surface area contributed by atoms with Gasteiger partial charge in [0.25, 0.3) is 0 Å². The first-order chi connectivity index (χ1) is 9.28. The predicted octanol–water partition coefficient (Wildman–Crippen LogP) is 3.09. The van der Waals surface area contributed by atoms with Gasteiger partial charge in [-0.05, 0) is 41.9 Å². The number of likely N-dealkylation sites (tertiary alicyclic amines) is 1. The number of aromatic nitrogens is 2. The van der Waals surface area contributed by atoms with Crippen LogP contribution in [0.2, 0.25) is 0 Å². The molecule has 0 aromatic carbocycles. The standard InChI is InChI=1S/C14H23BrN4/c1-2-13-17-12(15)11-14(18-13)16-7-10-19-8-5-3-4-6-9-19/h11H,2-10H2,1H3,(H,16,17,18). The van der Waals surface area contributed by atoms with Crippen LogP contribution in [0.3, 0.4) is 0 Å². The lowest BCUT2D eigenvalue weighted by Crippen LogP contribution is -2.30. The highest BCUT2D eigenvalue weighted by Crippen LogP contribution is 2.13. The average Bonchev–Trinajstić information content (AvgIpc) is 2.67. The molecule has 0 bridgehead atoms. The number of rotatable bonds is 5. The Morgan fingerprint density at radius 3 is 2.63 bits per heavy atom. The molecule has 5 heteroatoms. The van der Waals surface area contributed by atoms with Gasteiger partial charge in [-0.2, -0.15) is 0 Å². The Labute approximate surface area is 124 Å². The third kappa shape index (κ3) is 5.07. The molecule has 1 N–H and O–H groups in total. The monoisotopic (exact) mass is 326 g/mol. The Morgan fingerprint density at radius 2 is 1.95 bits per heavy atom. The van der Waals surface area contributed by atoms with Gasteiger partial charge in [-0.25, -0.2) is 9.97 Å². The van der Waals surface area contributed by atoms with Crippen molar-refractivity contribution >= 4 is 21.7 Å². The maximum Gasteiger partial charge on any atom is 0.131 e. The average molecular weight is 327 g/mol. The topological polar surface area (TPSA) is 41.1 Å². The zero-order chi connectivity index (χ0) is 13.5. The molecule has 0 saturated carbocycles. The van der Waals surface area contributed by atoms with Gasteiger partial charge in [0, 0.05) is 25.6 Å². The van der Waals surface area contributed by atoms with Crippen LogP contribution in [0.5, 0.6) is 0 Å². The summed E-state index contributed by atoms with van der Waals surface area (Å²) in [4.78, 5) is 11.4. The maximum absolute atomic E-state index is 4.48. The van der Waals surface area contributed by atoms with Crippen LogP contribution in [0.1, 0.15) is 38.4 Å². The zero-order valence-corrected chi connectivity index (χ0v) is 13.2. The summed E-state index contributed by atoms with van der Waals surface area (Å²) in [7, 11) is 0. The highest BCUT2D eigenvalue weighted by molar-refractivity contribution is 9.10. The van der Waals surface area contributed by atoms with E-state index in [9.17, 15) is 0 Å². The predicted molar refractivity (Wildman–Crippen MR) is 82.5 cm³/mol. The molecule has 2 heterocycles. The van der Waals surface area contributed by atoms with E-state index < -0.39 is 0 Å². The molecule has 0 spiro atoms. The molecule has 1 fully saturated rings. The minimum atomic E-state index is 0.858. The smallest absolute Gasteiger partial charge is 0.131 e. The van der Waals surface area contributed by atoms with Crippen LogP contribution >= 0.6 is 15.9 Å². The quantitative estimate of drug-likeness (QED) is 0.844. The first kappa shape index (κ1) is 14.7. The molecular formula is C14H23BrN4. The molecule has 106 valence electrons. The van der Waals surface area contributed by atoms with E-state index in [0.717, 1.165) is 35.8 Å². The van der Waals surface area contributed by atoms with E-state index in [-0.39, 0.29) is 0 Å². The van der Waals surface area contributed by atoms with E-state index in [4.69, 9.17) is 0 Å². The van der Waals surface area contributed by atoms with Gasteiger partial charge in [0.15, 0.2) is 0 Å². The summed E-state index contributed by atoms with van der Waals surface area (Å²) in [6, 6.07) is 1.95. The van der Waals surface area contributed by atoms with Crippen molar-refractivity contribution in [3.05, 3.63) is 16.5 Å². The second kappa shape index (κ2) is 7.80. The minimum absolute atomic E-state index is 0.858. The Hall–Kier alpha value is -0.680. The lowest BCUT2D eigenvalue weighted by Gasteiger charge is -2.20. The molecule has 0 radical (unpaired) electrons. The summed E-state index contributed by atoms with van der Waals surface area (Å²) in [6.45, 7) is 6.61. The third-order valence-corrected chi connectivity index (χ3v) is 3.90. The summed E-state index contributed by atoms with van der Waals surface area (Å²) < 4.78 is 0.858. The van der Waals surface area contributed by atoms with Crippen molar-refractivity contribution in [2.24, 2.45) is 0 Å². The van der Waals surface area contributed by atoms with Gasteiger partial charge in [0.05, 0.1) is 0 Å². The molecule has 1 aromatic rings. The van der Waals surface area contributed by atoms with Crippen LogP contribution < -0.4 is 5.32 Å². The van der Waals surface area contributed by atoms with Gasteiger partial charge in [-0.1, -0.05) is 19.8 Å². The molecule has 0 amide bonds. The van der Waals surface area contributed by atoms with E-state index >= 15 is 0 Å². The highest BCUT2D eigenvalue weighted by Gasteiger charge is 2.08. The number of nitrogens with one attached hydrogen (secondary N) is 1. The fourth-order valence-electron chi connectivity index (χ4n) is 2.42.